The molecule has 3 fully saturated rings. The number of fused-ring (bicyclic) bond motifs is 1. The summed E-state index contributed by atoms with van der Waals surface area (Å²) in [7, 11) is 0. The zero-order valence-corrected chi connectivity index (χ0v) is 19.3. The fourth-order valence-corrected chi connectivity index (χ4v) is 6.68. The molecule has 164 valence electrons. The Kier molecular flexibility index (Phi) is 7.49. The van der Waals surface area contributed by atoms with Crippen molar-refractivity contribution in [3.63, 3.8) is 0 Å². The molecule has 0 spiro atoms. The van der Waals surface area contributed by atoms with E-state index < -0.39 is 12.2 Å². The number of rotatable bonds is 6. The van der Waals surface area contributed by atoms with Gasteiger partial charge in [0.25, 0.3) is 0 Å². The van der Waals surface area contributed by atoms with E-state index in [1.807, 2.05) is 0 Å². The van der Waals surface area contributed by atoms with Crippen LogP contribution in [0.25, 0.3) is 0 Å². The van der Waals surface area contributed by atoms with Gasteiger partial charge in [0.05, 0.1) is 12.2 Å². The number of hydrogen-bond acceptors (Lipinski definition) is 2. The van der Waals surface area contributed by atoms with Crippen molar-refractivity contribution in [1.82, 2.24) is 0 Å². The molecule has 29 heavy (non-hydrogen) atoms. The van der Waals surface area contributed by atoms with Crippen LogP contribution in [-0.4, -0.2) is 22.4 Å². The summed E-state index contributed by atoms with van der Waals surface area (Å²) >= 11 is 0. The summed E-state index contributed by atoms with van der Waals surface area (Å²) in [5, 5.41) is 19.9. The largest absolute Gasteiger partial charge is 0.390 e. The lowest BCUT2D eigenvalue weighted by atomic mass is 9.60. The molecule has 0 amide bonds. The molecule has 3 aliphatic carbocycles. The molecule has 0 saturated heterocycles. The third-order valence-corrected chi connectivity index (χ3v) is 8.45. The maximum Gasteiger partial charge on any atom is 0.0842 e. The lowest BCUT2D eigenvalue weighted by Crippen LogP contribution is -2.36. The maximum absolute atomic E-state index is 10.0. The zero-order valence-electron chi connectivity index (χ0n) is 19.3. The Hall–Kier alpha value is -0.860. The highest BCUT2D eigenvalue weighted by Crippen LogP contribution is 2.59. The average Bonchev–Trinajstić information content (AvgIpc) is 3.01. The van der Waals surface area contributed by atoms with E-state index >= 15 is 0 Å². The molecule has 0 bridgehead atoms. The number of aliphatic hydroxyl groups is 2. The second kappa shape index (κ2) is 9.52. The van der Waals surface area contributed by atoms with Crippen LogP contribution in [0.1, 0.15) is 91.9 Å². The van der Waals surface area contributed by atoms with Gasteiger partial charge in [-0.15, -0.1) is 0 Å². The third-order valence-electron chi connectivity index (χ3n) is 8.45. The van der Waals surface area contributed by atoms with Gasteiger partial charge in [0.2, 0.25) is 0 Å². The van der Waals surface area contributed by atoms with Gasteiger partial charge in [0, 0.05) is 12.8 Å². The van der Waals surface area contributed by atoms with E-state index in [1.165, 1.54) is 51.4 Å². The fourth-order valence-electron chi connectivity index (χ4n) is 6.68. The lowest BCUT2D eigenvalue weighted by molar-refractivity contribution is 0.0138. The molecule has 0 radical (unpaired) electrons. The van der Waals surface area contributed by atoms with E-state index in [2.05, 4.69) is 46.4 Å². The van der Waals surface area contributed by atoms with E-state index in [4.69, 9.17) is 0 Å². The Bertz CT molecular complexity index is 643. The minimum Gasteiger partial charge on any atom is -0.390 e. The van der Waals surface area contributed by atoms with Gasteiger partial charge in [-0.05, 0) is 72.3 Å². The molecular formula is C27H44O2. The summed E-state index contributed by atoms with van der Waals surface area (Å²) in [6.07, 6.45) is 15.0. The highest BCUT2D eigenvalue weighted by molar-refractivity contribution is 5.37. The molecule has 6 atom stereocenters. The van der Waals surface area contributed by atoms with Gasteiger partial charge in [-0.3, -0.25) is 0 Å². The van der Waals surface area contributed by atoms with Crippen LogP contribution in [0.3, 0.4) is 0 Å². The summed E-state index contributed by atoms with van der Waals surface area (Å²) in [6, 6.07) is 0. The average molecular weight is 401 g/mol. The summed E-state index contributed by atoms with van der Waals surface area (Å²) in [5.74, 6) is 3.23. The Labute approximate surface area is 179 Å². The Morgan fingerprint density at radius 3 is 2.52 bits per heavy atom. The van der Waals surface area contributed by atoms with Crippen molar-refractivity contribution in [3.05, 3.63) is 35.5 Å². The molecule has 0 heterocycles. The van der Waals surface area contributed by atoms with Crippen LogP contribution in [0, 0.1) is 29.1 Å². The first-order chi connectivity index (χ1) is 13.7. The summed E-state index contributed by atoms with van der Waals surface area (Å²) < 4.78 is 0. The molecular weight excluding hydrogens is 356 g/mol. The van der Waals surface area contributed by atoms with Gasteiger partial charge in [-0.25, -0.2) is 0 Å². The normalized spacial score (nSPS) is 39.3. The van der Waals surface area contributed by atoms with E-state index in [9.17, 15) is 10.2 Å². The van der Waals surface area contributed by atoms with E-state index in [0.717, 1.165) is 34.8 Å². The van der Waals surface area contributed by atoms with Crippen molar-refractivity contribution in [1.29, 1.82) is 0 Å². The van der Waals surface area contributed by atoms with E-state index in [0.29, 0.717) is 18.3 Å². The number of allylic oxidation sites excluding steroid dienone is 3. The van der Waals surface area contributed by atoms with Crippen molar-refractivity contribution in [2.45, 2.75) is 104 Å². The third kappa shape index (κ3) is 5.07. The Morgan fingerprint density at radius 1 is 1.07 bits per heavy atom. The quantitative estimate of drug-likeness (QED) is 0.528. The molecule has 3 rings (SSSR count). The SMILES string of the molecule is C=C1CC(O)[C@@H](O)C/C1=C\C=C1/CCC[C@]2(C)[C@@H]([C@H](C)CCCC(C)C)CC[C@@H]12. The van der Waals surface area contributed by atoms with Gasteiger partial charge in [-0.1, -0.05) is 71.3 Å². The van der Waals surface area contributed by atoms with Crippen molar-refractivity contribution >= 4 is 0 Å². The summed E-state index contributed by atoms with van der Waals surface area (Å²) in [5.41, 5.74) is 4.19. The predicted octanol–water partition coefficient (Wildman–Crippen LogP) is 6.59. The first-order valence-electron chi connectivity index (χ1n) is 12.2. The highest BCUT2D eigenvalue weighted by Gasteiger charge is 2.50. The molecule has 3 saturated carbocycles. The summed E-state index contributed by atoms with van der Waals surface area (Å²) in [4.78, 5) is 0. The second-order valence-electron chi connectivity index (χ2n) is 11.0. The molecule has 2 nitrogen and oxygen atoms in total. The molecule has 0 aromatic carbocycles. The van der Waals surface area contributed by atoms with Crippen LogP contribution < -0.4 is 0 Å². The molecule has 1 unspecified atom stereocenters. The smallest absolute Gasteiger partial charge is 0.0842 e. The maximum atomic E-state index is 10.0. The minimum absolute atomic E-state index is 0.457. The van der Waals surface area contributed by atoms with Crippen LogP contribution in [-0.2, 0) is 0 Å². The Morgan fingerprint density at radius 2 is 1.79 bits per heavy atom. The van der Waals surface area contributed by atoms with Crippen LogP contribution in [0.2, 0.25) is 0 Å². The van der Waals surface area contributed by atoms with Crippen molar-refractivity contribution < 1.29 is 10.2 Å². The van der Waals surface area contributed by atoms with Crippen LogP contribution in [0.4, 0.5) is 0 Å². The Balaban J connectivity index is 1.70. The minimum atomic E-state index is -0.655. The molecule has 2 N–H and O–H groups in total. The first-order valence-corrected chi connectivity index (χ1v) is 12.2. The summed E-state index contributed by atoms with van der Waals surface area (Å²) in [6.45, 7) is 13.9. The topological polar surface area (TPSA) is 40.5 Å². The van der Waals surface area contributed by atoms with Crippen LogP contribution in [0.15, 0.2) is 35.5 Å². The van der Waals surface area contributed by atoms with Gasteiger partial charge < -0.3 is 10.2 Å². The van der Waals surface area contributed by atoms with E-state index in [-0.39, 0.29) is 0 Å². The molecule has 0 aromatic heterocycles. The van der Waals surface area contributed by atoms with Gasteiger partial charge in [-0.2, -0.15) is 0 Å². The molecule has 2 heteroatoms. The zero-order chi connectivity index (χ0) is 21.2. The monoisotopic (exact) mass is 400 g/mol. The van der Waals surface area contributed by atoms with Crippen molar-refractivity contribution in [2.75, 3.05) is 0 Å². The van der Waals surface area contributed by atoms with Crippen molar-refractivity contribution in [3.8, 4) is 0 Å². The first kappa shape index (κ1) is 22.8. The number of hydrogen-bond donors (Lipinski definition) is 2. The van der Waals surface area contributed by atoms with Crippen LogP contribution >= 0.6 is 0 Å². The fraction of sp³-hybridized carbons (Fsp3) is 0.778. The van der Waals surface area contributed by atoms with E-state index in [1.54, 1.807) is 5.57 Å². The lowest BCUT2D eigenvalue weighted by Gasteiger charge is -2.44. The molecule has 3 aliphatic rings. The molecule has 0 aromatic rings. The highest BCUT2D eigenvalue weighted by atomic mass is 16.3. The van der Waals surface area contributed by atoms with Gasteiger partial charge >= 0.3 is 0 Å². The molecule has 0 aliphatic heterocycles. The van der Waals surface area contributed by atoms with Crippen LogP contribution in [0.5, 0.6) is 0 Å². The predicted molar refractivity (Wildman–Crippen MR) is 123 cm³/mol. The van der Waals surface area contributed by atoms with Gasteiger partial charge in [0.15, 0.2) is 0 Å². The van der Waals surface area contributed by atoms with Gasteiger partial charge in [0.1, 0.15) is 0 Å². The number of aliphatic hydroxyl groups excluding tert-OH is 2. The van der Waals surface area contributed by atoms with Crippen molar-refractivity contribution in [2.24, 2.45) is 29.1 Å². The second-order valence-corrected chi connectivity index (χ2v) is 11.0. The standard InChI is InChI=1S/C27H44O2/c1-18(2)8-6-9-19(3)23-13-14-24-21(10-7-15-27(23,24)5)11-12-22-17-26(29)25(28)16-20(22)4/h11-12,18-19,23-26,28-29H,4,6-10,13-17H2,1-3,5H3/b21-11+,22-12+/t19-,23-,24+,25?,26+,27-/m1/s1.